The molecule has 2 atom stereocenters. The van der Waals surface area contributed by atoms with Crippen molar-refractivity contribution < 1.29 is 19.8 Å². The summed E-state index contributed by atoms with van der Waals surface area (Å²) >= 11 is 6.61. The van der Waals surface area contributed by atoms with Gasteiger partial charge in [0.1, 0.15) is 6.04 Å². The lowest BCUT2D eigenvalue weighted by atomic mass is 10.2. The third kappa shape index (κ3) is 3.31. The van der Waals surface area contributed by atoms with Crippen molar-refractivity contribution in [2.75, 3.05) is 11.9 Å². The Labute approximate surface area is 132 Å². The van der Waals surface area contributed by atoms with Crippen molar-refractivity contribution in [2.45, 2.75) is 18.6 Å². The number of nitrogens with zero attached hydrogens (tertiary/aromatic N) is 1. The number of halogens is 2. The average molecular weight is 408 g/mol. The smallest absolute Gasteiger partial charge is 0.326 e. The first-order valence-electron chi connectivity index (χ1n) is 5.82. The summed E-state index contributed by atoms with van der Waals surface area (Å²) in [6.45, 7) is 0.0109. The third-order valence-corrected chi connectivity index (χ3v) is 4.15. The molecule has 108 valence electrons. The molecular weight excluding hydrogens is 396 g/mol. The summed E-state index contributed by atoms with van der Waals surface area (Å²) in [5.41, 5.74) is 0.531. The fourth-order valence-corrected chi connectivity index (χ4v) is 3.20. The maximum absolute atomic E-state index is 12.1. The number of anilines is 1. The Balaban J connectivity index is 2.13. The minimum atomic E-state index is -1.12. The van der Waals surface area contributed by atoms with Gasteiger partial charge in [-0.05, 0) is 34.1 Å². The Hall–Kier alpha value is -1.12. The molecule has 1 heterocycles. The second kappa shape index (κ2) is 6.11. The molecule has 1 aliphatic heterocycles. The SMILES string of the molecule is O=C(O)[C@@H]1CC(O)CN1C(=O)Nc1ccc(Br)cc1Br. The standard InChI is InChI=1S/C12H12Br2N2O4/c13-6-1-2-9(8(14)3-6)15-12(20)16-5-7(17)4-10(16)11(18)19/h1-3,7,10,17H,4-5H2,(H,15,20)(H,18,19)/t7?,10-/m0/s1. The number of aliphatic carboxylic acids is 1. The molecule has 0 aromatic heterocycles. The number of aliphatic hydroxyl groups excluding tert-OH is 1. The quantitative estimate of drug-likeness (QED) is 0.701. The summed E-state index contributed by atoms with van der Waals surface area (Å²) in [5, 5.41) is 21.2. The Kier molecular flexibility index (Phi) is 4.66. The van der Waals surface area contributed by atoms with Crippen molar-refractivity contribution in [3.05, 3.63) is 27.1 Å². The van der Waals surface area contributed by atoms with Gasteiger partial charge in [0.05, 0.1) is 11.8 Å². The van der Waals surface area contributed by atoms with Gasteiger partial charge in [-0.3, -0.25) is 0 Å². The average Bonchev–Trinajstić information content (AvgIpc) is 2.75. The number of carbonyl (C=O) groups excluding carboxylic acids is 1. The van der Waals surface area contributed by atoms with E-state index in [1.807, 2.05) is 0 Å². The molecular formula is C12H12Br2N2O4. The number of rotatable bonds is 2. The molecule has 3 N–H and O–H groups in total. The first kappa shape index (κ1) is 15.3. The summed E-state index contributed by atoms with van der Waals surface area (Å²) in [7, 11) is 0. The van der Waals surface area contributed by atoms with E-state index in [2.05, 4.69) is 37.2 Å². The van der Waals surface area contributed by atoms with Gasteiger partial charge in [-0.15, -0.1) is 0 Å². The highest BCUT2D eigenvalue weighted by atomic mass is 79.9. The maximum Gasteiger partial charge on any atom is 0.326 e. The molecule has 1 unspecified atom stereocenters. The van der Waals surface area contributed by atoms with Crippen LogP contribution in [-0.2, 0) is 4.79 Å². The highest BCUT2D eigenvalue weighted by Gasteiger charge is 2.39. The topological polar surface area (TPSA) is 89.9 Å². The summed E-state index contributed by atoms with van der Waals surface area (Å²) < 4.78 is 1.52. The molecule has 0 radical (unpaired) electrons. The van der Waals surface area contributed by atoms with E-state index >= 15 is 0 Å². The van der Waals surface area contributed by atoms with Gasteiger partial charge >= 0.3 is 12.0 Å². The van der Waals surface area contributed by atoms with Crippen molar-refractivity contribution in [1.82, 2.24) is 4.90 Å². The number of urea groups is 1. The lowest BCUT2D eigenvalue weighted by molar-refractivity contribution is -0.141. The minimum absolute atomic E-state index is 0.0109. The third-order valence-electron chi connectivity index (χ3n) is 3.00. The van der Waals surface area contributed by atoms with Crippen LogP contribution < -0.4 is 5.32 Å². The number of likely N-dealkylation sites (tertiary alicyclic amines) is 1. The number of nitrogens with one attached hydrogen (secondary N) is 1. The van der Waals surface area contributed by atoms with Gasteiger partial charge < -0.3 is 20.4 Å². The number of carboxylic acids is 1. The van der Waals surface area contributed by atoms with Crippen molar-refractivity contribution in [3.8, 4) is 0 Å². The predicted octanol–water partition coefficient (Wildman–Crippen LogP) is 2.26. The molecule has 2 amide bonds. The number of carboxylic acid groups (broad SMARTS) is 1. The molecule has 0 saturated carbocycles. The van der Waals surface area contributed by atoms with Crippen molar-refractivity contribution in [3.63, 3.8) is 0 Å². The molecule has 1 aliphatic rings. The largest absolute Gasteiger partial charge is 0.480 e. The molecule has 8 heteroatoms. The monoisotopic (exact) mass is 406 g/mol. The normalized spacial score (nSPS) is 21.9. The molecule has 1 aromatic carbocycles. The van der Waals surface area contributed by atoms with Crippen LogP contribution in [0.25, 0.3) is 0 Å². The molecule has 6 nitrogen and oxygen atoms in total. The molecule has 0 bridgehead atoms. The molecule has 20 heavy (non-hydrogen) atoms. The van der Waals surface area contributed by atoms with Gasteiger partial charge in [-0.2, -0.15) is 0 Å². The van der Waals surface area contributed by atoms with E-state index in [0.29, 0.717) is 10.2 Å². The summed E-state index contributed by atoms with van der Waals surface area (Å²) in [5.74, 6) is -1.12. The number of carbonyl (C=O) groups is 2. The second-order valence-electron chi connectivity index (χ2n) is 4.45. The van der Waals surface area contributed by atoms with Crippen LogP contribution in [0.2, 0.25) is 0 Å². The summed E-state index contributed by atoms with van der Waals surface area (Å²) in [6, 6.07) is 3.67. The highest BCUT2D eigenvalue weighted by Crippen LogP contribution is 2.27. The van der Waals surface area contributed by atoms with Crippen molar-refractivity contribution in [2.24, 2.45) is 0 Å². The number of hydrogen-bond donors (Lipinski definition) is 3. The molecule has 1 aromatic rings. The van der Waals surface area contributed by atoms with Crippen LogP contribution in [0.3, 0.4) is 0 Å². The fraction of sp³-hybridized carbons (Fsp3) is 0.333. The van der Waals surface area contributed by atoms with Gasteiger partial charge in [-0.1, -0.05) is 15.9 Å². The van der Waals surface area contributed by atoms with Crippen LogP contribution in [0.5, 0.6) is 0 Å². The van der Waals surface area contributed by atoms with Crippen LogP contribution in [-0.4, -0.2) is 45.8 Å². The van der Waals surface area contributed by atoms with Gasteiger partial charge in [-0.25, -0.2) is 9.59 Å². The van der Waals surface area contributed by atoms with Crippen LogP contribution in [0, 0.1) is 0 Å². The zero-order chi connectivity index (χ0) is 14.9. The van der Waals surface area contributed by atoms with Crippen LogP contribution >= 0.6 is 31.9 Å². The van der Waals surface area contributed by atoms with E-state index in [9.17, 15) is 14.7 Å². The Morgan fingerprint density at radius 3 is 2.65 bits per heavy atom. The molecule has 1 fully saturated rings. The van der Waals surface area contributed by atoms with E-state index in [4.69, 9.17) is 5.11 Å². The summed E-state index contributed by atoms with van der Waals surface area (Å²) in [6.07, 6.45) is -0.764. The van der Waals surface area contributed by atoms with Gasteiger partial charge in [0.2, 0.25) is 0 Å². The zero-order valence-corrected chi connectivity index (χ0v) is 13.4. The number of hydrogen-bond acceptors (Lipinski definition) is 3. The van der Waals surface area contributed by atoms with Gasteiger partial charge in [0.25, 0.3) is 0 Å². The molecule has 2 rings (SSSR count). The first-order chi connectivity index (χ1) is 9.38. The van der Waals surface area contributed by atoms with E-state index in [1.54, 1.807) is 18.2 Å². The van der Waals surface area contributed by atoms with Crippen LogP contribution in [0.1, 0.15) is 6.42 Å². The predicted molar refractivity (Wildman–Crippen MR) is 79.6 cm³/mol. The Morgan fingerprint density at radius 1 is 1.35 bits per heavy atom. The van der Waals surface area contributed by atoms with E-state index in [0.717, 1.165) is 9.37 Å². The minimum Gasteiger partial charge on any atom is -0.480 e. The molecule has 1 saturated heterocycles. The Morgan fingerprint density at radius 2 is 2.05 bits per heavy atom. The van der Waals surface area contributed by atoms with E-state index in [1.165, 1.54) is 0 Å². The number of β-amino-alcohol motifs (C(OH)–C–C–N with tert-alkyl or cyclic N) is 1. The van der Waals surface area contributed by atoms with E-state index < -0.39 is 24.1 Å². The number of amides is 2. The van der Waals surface area contributed by atoms with Crippen LogP contribution in [0.15, 0.2) is 27.1 Å². The second-order valence-corrected chi connectivity index (χ2v) is 6.22. The zero-order valence-electron chi connectivity index (χ0n) is 10.2. The van der Waals surface area contributed by atoms with Crippen molar-refractivity contribution in [1.29, 1.82) is 0 Å². The Bertz CT molecular complexity index is 552. The first-order valence-corrected chi connectivity index (χ1v) is 7.40. The number of benzene rings is 1. The van der Waals surface area contributed by atoms with E-state index in [-0.39, 0.29) is 13.0 Å². The fourth-order valence-electron chi connectivity index (χ4n) is 2.05. The number of aliphatic hydroxyl groups is 1. The lowest BCUT2D eigenvalue weighted by Gasteiger charge is -2.22. The highest BCUT2D eigenvalue weighted by molar-refractivity contribution is 9.11. The summed E-state index contributed by atoms with van der Waals surface area (Å²) in [4.78, 5) is 24.3. The molecule has 0 aliphatic carbocycles. The van der Waals surface area contributed by atoms with Crippen molar-refractivity contribution >= 4 is 49.5 Å². The molecule has 0 spiro atoms. The van der Waals surface area contributed by atoms with Gasteiger partial charge in [0.15, 0.2) is 0 Å². The maximum atomic E-state index is 12.1. The van der Waals surface area contributed by atoms with Gasteiger partial charge in [0, 0.05) is 21.9 Å². The van der Waals surface area contributed by atoms with Crippen LogP contribution in [0.4, 0.5) is 10.5 Å². The lowest BCUT2D eigenvalue weighted by Crippen LogP contribution is -2.43.